The highest BCUT2D eigenvalue weighted by Crippen LogP contribution is 2.23. The summed E-state index contributed by atoms with van der Waals surface area (Å²) >= 11 is 0. The van der Waals surface area contributed by atoms with Gasteiger partial charge in [-0.1, -0.05) is 30.3 Å². The van der Waals surface area contributed by atoms with Crippen LogP contribution in [0.2, 0.25) is 0 Å². The first-order valence-corrected chi connectivity index (χ1v) is 9.42. The predicted molar refractivity (Wildman–Crippen MR) is 109 cm³/mol. The first kappa shape index (κ1) is 22.1. The lowest BCUT2D eigenvalue weighted by atomic mass is 9.90. The van der Waals surface area contributed by atoms with E-state index in [-0.39, 0.29) is 5.92 Å². The van der Waals surface area contributed by atoms with Gasteiger partial charge in [-0.15, -0.1) is 0 Å². The maximum Gasteiger partial charge on any atom is 0.328 e. The van der Waals surface area contributed by atoms with Crippen molar-refractivity contribution in [1.82, 2.24) is 9.47 Å². The number of carboxylic acids is 2. The van der Waals surface area contributed by atoms with Crippen LogP contribution in [0.1, 0.15) is 28.9 Å². The maximum atomic E-state index is 12.5. The minimum Gasteiger partial charge on any atom is -0.478 e. The third kappa shape index (κ3) is 7.38. The lowest BCUT2D eigenvalue weighted by molar-refractivity contribution is -0.134. The molecule has 0 saturated carbocycles. The van der Waals surface area contributed by atoms with Gasteiger partial charge in [0.05, 0.1) is 5.69 Å². The number of hydrogen-bond donors (Lipinski definition) is 2. The molecule has 0 amide bonds. The van der Waals surface area contributed by atoms with Crippen LogP contribution in [0.15, 0.2) is 60.8 Å². The second-order valence-electron chi connectivity index (χ2n) is 6.91. The monoisotopic (exact) mass is 398 g/mol. The molecule has 2 aromatic rings. The molecule has 3 rings (SSSR count). The van der Waals surface area contributed by atoms with Crippen LogP contribution >= 0.6 is 0 Å². The summed E-state index contributed by atoms with van der Waals surface area (Å²) < 4.78 is 1.93. The number of aryl methyl sites for hydroxylation is 1. The highest BCUT2D eigenvalue weighted by Gasteiger charge is 2.26. The van der Waals surface area contributed by atoms with Crippen molar-refractivity contribution in [3.8, 4) is 0 Å². The normalized spacial score (nSPS) is 14.9. The van der Waals surface area contributed by atoms with Gasteiger partial charge in [-0.3, -0.25) is 9.69 Å². The van der Waals surface area contributed by atoms with Gasteiger partial charge in [0, 0.05) is 37.9 Å². The van der Waals surface area contributed by atoms with Crippen LogP contribution in [0.25, 0.3) is 0 Å². The van der Waals surface area contributed by atoms with E-state index < -0.39 is 11.9 Å². The van der Waals surface area contributed by atoms with Crippen LogP contribution in [-0.2, 0) is 23.2 Å². The average Bonchev–Trinajstić information content (AvgIpc) is 3.14. The fraction of sp³-hybridized carbons (Fsp3) is 0.318. The van der Waals surface area contributed by atoms with Crippen molar-refractivity contribution in [3.05, 3.63) is 72.1 Å². The predicted octanol–water partition coefficient (Wildman–Crippen LogP) is 2.83. The van der Waals surface area contributed by atoms with Gasteiger partial charge in [0.15, 0.2) is 5.78 Å². The number of aliphatic carboxylic acids is 2. The summed E-state index contributed by atoms with van der Waals surface area (Å²) in [5.74, 6) is -2.02. The first-order valence-electron chi connectivity index (χ1n) is 9.42. The molecule has 0 bridgehead atoms. The molecular formula is C22H26N2O5. The van der Waals surface area contributed by atoms with Crippen molar-refractivity contribution in [2.45, 2.75) is 19.4 Å². The van der Waals surface area contributed by atoms with E-state index in [1.807, 2.05) is 36.0 Å². The van der Waals surface area contributed by atoms with Gasteiger partial charge in [-0.25, -0.2) is 9.59 Å². The molecule has 1 aliphatic heterocycles. The molecule has 1 aliphatic rings. The number of carboxylic acid groups (broad SMARTS) is 2. The number of carbonyl (C=O) groups is 3. The van der Waals surface area contributed by atoms with Crippen molar-refractivity contribution in [1.29, 1.82) is 0 Å². The van der Waals surface area contributed by atoms with Crippen molar-refractivity contribution < 1.29 is 24.6 Å². The largest absolute Gasteiger partial charge is 0.478 e. The lowest BCUT2D eigenvalue weighted by Crippen LogP contribution is -2.36. The third-order valence-corrected chi connectivity index (χ3v) is 4.77. The van der Waals surface area contributed by atoms with Crippen LogP contribution < -0.4 is 0 Å². The molecule has 7 heteroatoms. The van der Waals surface area contributed by atoms with E-state index in [0.29, 0.717) is 17.9 Å². The van der Waals surface area contributed by atoms with Gasteiger partial charge in [0.2, 0.25) is 0 Å². The van der Waals surface area contributed by atoms with E-state index in [2.05, 4.69) is 29.2 Å². The molecule has 7 nitrogen and oxygen atoms in total. The summed E-state index contributed by atoms with van der Waals surface area (Å²) in [6, 6.07) is 14.4. The molecule has 1 aromatic heterocycles. The molecule has 1 aromatic carbocycles. The Morgan fingerprint density at radius 3 is 2.03 bits per heavy atom. The van der Waals surface area contributed by atoms with E-state index in [0.717, 1.165) is 38.2 Å². The van der Waals surface area contributed by atoms with Gasteiger partial charge >= 0.3 is 11.9 Å². The second-order valence-corrected chi connectivity index (χ2v) is 6.91. The minimum atomic E-state index is -1.26. The van der Waals surface area contributed by atoms with E-state index in [1.54, 1.807) is 0 Å². The summed E-state index contributed by atoms with van der Waals surface area (Å²) in [7, 11) is 1.94. The number of nitrogens with zero attached hydrogens (tertiary/aromatic N) is 2. The van der Waals surface area contributed by atoms with Gasteiger partial charge in [-0.05, 0) is 43.6 Å². The fourth-order valence-corrected chi connectivity index (χ4v) is 3.26. The molecule has 1 saturated heterocycles. The van der Waals surface area contributed by atoms with Crippen molar-refractivity contribution >= 4 is 17.7 Å². The number of carbonyl (C=O) groups excluding carboxylic acids is 1. The van der Waals surface area contributed by atoms with E-state index >= 15 is 0 Å². The van der Waals surface area contributed by atoms with Crippen LogP contribution in [0.3, 0.4) is 0 Å². The van der Waals surface area contributed by atoms with Crippen LogP contribution in [0.4, 0.5) is 0 Å². The Bertz CT molecular complexity index is 833. The zero-order valence-electron chi connectivity index (χ0n) is 16.4. The molecule has 0 aliphatic carbocycles. The van der Waals surface area contributed by atoms with Crippen molar-refractivity contribution in [2.75, 3.05) is 13.1 Å². The van der Waals surface area contributed by atoms with Gasteiger partial charge in [-0.2, -0.15) is 0 Å². The summed E-state index contributed by atoms with van der Waals surface area (Å²) in [6.45, 7) is 3.01. The zero-order chi connectivity index (χ0) is 21.2. The molecule has 2 N–H and O–H groups in total. The highest BCUT2D eigenvalue weighted by molar-refractivity contribution is 5.96. The Hall–Kier alpha value is -3.19. The standard InChI is InChI=1S/C18H22N2O.C4H4O4/c1-19-11-5-8-17(19)18(21)16-9-12-20(13-10-16)14-15-6-3-2-4-7-15;5-3(6)1-2-4(7)8/h2-8,11,16H,9-10,12-14H2,1H3;1-2H,(H,5,6)(H,7,8)/b;2-1+. The second kappa shape index (κ2) is 11.0. The van der Waals surface area contributed by atoms with E-state index in [1.165, 1.54) is 5.56 Å². The van der Waals surface area contributed by atoms with Crippen LogP contribution in [0, 0.1) is 5.92 Å². The first-order chi connectivity index (χ1) is 13.9. The molecule has 0 spiro atoms. The smallest absolute Gasteiger partial charge is 0.328 e. The minimum absolute atomic E-state index is 0.186. The van der Waals surface area contributed by atoms with Crippen molar-refractivity contribution in [2.24, 2.45) is 13.0 Å². The SMILES string of the molecule is Cn1cccc1C(=O)C1CCN(Cc2ccccc2)CC1.O=C(O)/C=C/C(=O)O. The third-order valence-electron chi connectivity index (χ3n) is 4.77. The van der Waals surface area contributed by atoms with Gasteiger partial charge in [0.25, 0.3) is 0 Å². The summed E-state index contributed by atoms with van der Waals surface area (Å²) in [5, 5.41) is 15.6. The van der Waals surface area contributed by atoms with Crippen LogP contribution in [-0.4, -0.2) is 50.5 Å². The average molecular weight is 398 g/mol. The lowest BCUT2D eigenvalue weighted by Gasteiger charge is -2.31. The van der Waals surface area contributed by atoms with Gasteiger partial charge in [0.1, 0.15) is 0 Å². The molecule has 1 fully saturated rings. The number of Topliss-reactive ketones (excluding diaryl/α,β-unsaturated/α-hetero) is 1. The number of aromatic nitrogens is 1. The summed E-state index contributed by atoms with van der Waals surface area (Å²) in [5.41, 5.74) is 2.20. The number of piperidine rings is 1. The topological polar surface area (TPSA) is 99.8 Å². The highest BCUT2D eigenvalue weighted by atomic mass is 16.4. The number of benzene rings is 1. The van der Waals surface area contributed by atoms with Gasteiger partial charge < -0.3 is 14.8 Å². The van der Waals surface area contributed by atoms with Crippen molar-refractivity contribution in [3.63, 3.8) is 0 Å². The summed E-state index contributed by atoms with van der Waals surface area (Å²) in [6.07, 6.45) is 5.00. The van der Waals surface area contributed by atoms with Crippen LogP contribution in [0.5, 0.6) is 0 Å². The Morgan fingerprint density at radius 2 is 1.55 bits per heavy atom. The Labute approximate surface area is 169 Å². The number of likely N-dealkylation sites (tertiary alicyclic amines) is 1. The molecule has 0 atom stereocenters. The zero-order valence-corrected chi connectivity index (χ0v) is 16.4. The summed E-state index contributed by atoms with van der Waals surface area (Å²) in [4.78, 5) is 34.1. The number of ketones is 1. The molecule has 154 valence electrons. The Kier molecular flexibility index (Phi) is 8.36. The number of rotatable bonds is 6. The van der Waals surface area contributed by atoms with E-state index in [9.17, 15) is 14.4 Å². The molecule has 2 heterocycles. The Balaban J connectivity index is 0.000000321. The Morgan fingerprint density at radius 1 is 0.966 bits per heavy atom. The number of hydrogen-bond acceptors (Lipinski definition) is 4. The van der Waals surface area contributed by atoms with E-state index in [4.69, 9.17) is 10.2 Å². The molecular weight excluding hydrogens is 372 g/mol. The molecule has 29 heavy (non-hydrogen) atoms. The fourth-order valence-electron chi connectivity index (χ4n) is 3.26. The maximum absolute atomic E-state index is 12.5. The quantitative estimate of drug-likeness (QED) is 0.573. The molecule has 0 radical (unpaired) electrons. The molecule has 0 unspecified atom stereocenters.